The van der Waals surface area contributed by atoms with Crippen LogP contribution in [-0.2, 0) is 14.3 Å². The highest BCUT2D eigenvalue weighted by atomic mass is 16.5. The van der Waals surface area contributed by atoms with Gasteiger partial charge >= 0.3 is 12.1 Å². The van der Waals surface area contributed by atoms with Crippen molar-refractivity contribution in [2.24, 2.45) is 0 Å². The summed E-state index contributed by atoms with van der Waals surface area (Å²) in [6.07, 6.45) is 3.99. The second kappa shape index (κ2) is 9.12. The predicted octanol–water partition coefficient (Wildman–Crippen LogP) is 4.30. The maximum atomic E-state index is 13.6. The summed E-state index contributed by atoms with van der Waals surface area (Å²) in [7, 11) is 0. The molecule has 34 heavy (non-hydrogen) atoms. The van der Waals surface area contributed by atoms with Crippen LogP contribution in [0.5, 0.6) is 0 Å². The number of nitrogens with one attached hydrogen (secondary N) is 1. The summed E-state index contributed by atoms with van der Waals surface area (Å²) in [5.41, 5.74) is 3.47. The molecule has 0 spiro atoms. The zero-order valence-corrected chi connectivity index (χ0v) is 19.2. The quantitative estimate of drug-likeness (QED) is 0.691. The molecule has 3 aliphatic rings. The third kappa shape index (κ3) is 3.93. The summed E-state index contributed by atoms with van der Waals surface area (Å²) in [5.74, 6) is -1.33. The Kier molecular flexibility index (Phi) is 6.02. The van der Waals surface area contributed by atoms with E-state index in [1.807, 2.05) is 24.3 Å². The van der Waals surface area contributed by atoms with E-state index < -0.39 is 23.6 Å². The van der Waals surface area contributed by atoms with Crippen LogP contribution in [0.2, 0.25) is 0 Å². The average Bonchev–Trinajstić information content (AvgIpc) is 3.46. The number of benzene rings is 2. The molecule has 0 bridgehead atoms. The number of rotatable bonds is 5. The van der Waals surface area contributed by atoms with Gasteiger partial charge in [0.1, 0.15) is 18.2 Å². The lowest BCUT2D eigenvalue weighted by Crippen LogP contribution is -2.62. The molecule has 2 N–H and O–H groups in total. The van der Waals surface area contributed by atoms with Crippen molar-refractivity contribution in [3.8, 4) is 11.1 Å². The number of likely N-dealkylation sites (tertiary alicyclic amines) is 1. The van der Waals surface area contributed by atoms with Gasteiger partial charge in [-0.1, -0.05) is 61.4 Å². The van der Waals surface area contributed by atoms with E-state index in [1.54, 1.807) is 0 Å². The number of carboxylic acid groups (broad SMARTS) is 1. The highest BCUT2D eigenvalue weighted by Crippen LogP contribution is 2.44. The van der Waals surface area contributed by atoms with Crippen molar-refractivity contribution in [2.75, 3.05) is 13.2 Å². The van der Waals surface area contributed by atoms with Gasteiger partial charge in [-0.25, -0.2) is 9.59 Å². The topological polar surface area (TPSA) is 95.9 Å². The fraction of sp³-hybridized carbons (Fsp3) is 0.444. The van der Waals surface area contributed by atoms with Gasteiger partial charge in [0, 0.05) is 12.5 Å². The highest BCUT2D eigenvalue weighted by Gasteiger charge is 2.48. The molecule has 1 saturated carbocycles. The predicted molar refractivity (Wildman–Crippen MR) is 126 cm³/mol. The van der Waals surface area contributed by atoms with E-state index in [4.69, 9.17) is 4.74 Å². The van der Waals surface area contributed by atoms with Crippen LogP contribution in [0, 0.1) is 0 Å². The number of carboxylic acids is 1. The molecule has 0 radical (unpaired) electrons. The third-order valence-electron chi connectivity index (χ3n) is 7.60. The molecule has 0 aromatic heterocycles. The number of ether oxygens (including phenoxy) is 1. The van der Waals surface area contributed by atoms with E-state index in [0.29, 0.717) is 25.8 Å². The standard InChI is InChI=1S/C27H30N2O5/c30-24(31)23-13-5-8-16-29(23)25(32)27(14-6-7-15-27)28-26(33)34-17-22-20-11-3-1-9-18(20)19-10-2-4-12-21(19)22/h1-4,9-12,22-23H,5-8,13-17H2,(H,28,33)(H,30,31). The molecule has 2 aromatic carbocycles. The van der Waals surface area contributed by atoms with Crippen molar-refractivity contribution >= 4 is 18.0 Å². The van der Waals surface area contributed by atoms with Crippen LogP contribution in [0.25, 0.3) is 11.1 Å². The summed E-state index contributed by atoms with van der Waals surface area (Å²) >= 11 is 0. The third-order valence-corrected chi connectivity index (χ3v) is 7.60. The molecule has 2 amide bonds. The minimum absolute atomic E-state index is 0.0631. The summed E-state index contributed by atoms with van der Waals surface area (Å²) < 4.78 is 5.70. The van der Waals surface area contributed by atoms with Gasteiger partial charge in [-0.2, -0.15) is 0 Å². The summed E-state index contributed by atoms with van der Waals surface area (Å²) in [4.78, 5) is 39.7. The smallest absolute Gasteiger partial charge is 0.408 e. The molecule has 7 heteroatoms. The van der Waals surface area contributed by atoms with Gasteiger partial charge in [0.05, 0.1) is 0 Å². The lowest BCUT2D eigenvalue weighted by Gasteiger charge is -2.39. The number of amides is 2. The van der Waals surface area contributed by atoms with E-state index in [0.717, 1.165) is 47.9 Å². The first-order valence-electron chi connectivity index (χ1n) is 12.2. The van der Waals surface area contributed by atoms with Crippen molar-refractivity contribution in [1.29, 1.82) is 0 Å². The van der Waals surface area contributed by atoms with Crippen molar-refractivity contribution in [3.63, 3.8) is 0 Å². The zero-order chi connectivity index (χ0) is 23.7. The first-order valence-corrected chi connectivity index (χ1v) is 12.2. The van der Waals surface area contributed by atoms with Gasteiger partial charge in [-0.15, -0.1) is 0 Å². The van der Waals surface area contributed by atoms with Crippen molar-refractivity contribution in [1.82, 2.24) is 10.2 Å². The number of nitrogens with zero attached hydrogens (tertiary/aromatic N) is 1. The van der Waals surface area contributed by atoms with Crippen LogP contribution in [0.15, 0.2) is 48.5 Å². The van der Waals surface area contributed by atoms with Crippen LogP contribution < -0.4 is 5.32 Å². The molecular formula is C27H30N2O5. The lowest BCUT2D eigenvalue weighted by molar-refractivity contribution is -0.155. The highest BCUT2D eigenvalue weighted by molar-refractivity contribution is 5.93. The second-order valence-electron chi connectivity index (χ2n) is 9.59. The maximum Gasteiger partial charge on any atom is 0.408 e. The van der Waals surface area contributed by atoms with E-state index in [-0.39, 0.29) is 18.4 Å². The molecule has 2 fully saturated rings. The Labute approximate surface area is 199 Å². The van der Waals surface area contributed by atoms with E-state index >= 15 is 0 Å². The molecule has 1 aliphatic heterocycles. The normalized spacial score (nSPS) is 20.9. The molecule has 1 atom stereocenters. The number of hydrogen-bond donors (Lipinski definition) is 2. The lowest BCUT2D eigenvalue weighted by atomic mass is 9.92. The molecule has 5 rings (SSSR count). The first kappa shape index (κ1) is 22.4. The zero-order valence-electron chi connectivity index (χ0n) is 19.2. The number of carbonyl (C=O) groups excluding carboxylic acids is 2. The van der Waals surface area contributed by atoms with E-state index in [2.05, 4.69) is 29.6 Å². The number of aliphatic carboxylic acids is 1. The van der Waals surface area contributed by atoms with Gasteiger partial charge < -0.3 is 20.1 Å². The number of piperidine rings is 1. The Balaban J connectivity index is 1.30. The van der Waals surface area contributed by atoms with Gasteiger partial charge in [-0.3, -0.25) is 4.79 Å². The minimum atomic E-state index is -1.09. The fourth-order valence-electron chi connectivity index (χ4n) is 5.91. The van der Waals surface area contributed by atoms with Crippen LogP contribution in [0.1, 0.15) is 62.0 Å². The van der Waals surface area contributed by atoms with Crippen LogP contribution in [-0.4, -0.2) is 52.7 Å². The average molecular weight is 463 g/mol. The van der Waals surface area contributed by atoms with Crippen LogP contribution >= 0.6 is 0 Å². The Morgan fingerprint density at radius 3 is 2.18 bits per heavy atom. The van der Waals surface area contributed by atoms with Gasteiger partial charge in [0.25, 0.3) is 0 Å². The van der Waals surface area contributed by atoms with E-state index in [1.165, 1.54) is 4.90 Å². The van der Waals surface area contributed by atoms with Crippen LogP contribution in [0.4, 0.5) is 4.79 Å². The summed E-state index contributed by atoms with van der Waals surface area (Å²) in [6.45, 7) is 0.579. The Bertz CT molecular complexity index is 1060. The van der Waals surface area contributed by atoms with Crippen molar-refractivity contribution in [3.05, 3.63) is 59.7 Å². The molecular weight excluding hydrogens is 432 g/mol. The van der Waals surface area contributed by atoms with E-state index in [9.17, 15) is 19.5 Å². The SMILES string of the molecule is O=C(NC1(C(=O)N2CCCCC2C(=O)O)CCCC1)OCC1c2ccccc2-c2ccccc21. The molecule has 7 nitrogen and oxygen atoms in total. The minimum Gasteiger partial charge on any atom is -0.480 e. The molecule has 2 aliphatic carbocycles. The maximum absolute atomic E-state index is 13.6. The first-order chi connectivity index (χ1) is 16.5. The number of fused-ring (bicyclic) bond motifs is 3. The number of hydrogen-bond acceptors (Lipinski definition) is 4. The van der Waals surface area contributed by atoms with Crippen molar-refractivity contribution in [2.45, 2.75) is 62.4 Å². The largest absolute Gasteiger partial charge is 0.480 e. The van der Waals surface area contributed by atoms with Crippen molar-refractivity contribution < 1.29 is 24.2 Å². The van der Waals surface area contributed by atoms with Gasteiger partial charge in [0.2, 0.25) is 5.91 Å². The molecule has 1 heterocycles. The van der Waals surface area contributed by atoms with Gasteiger partial charge in [0.15, 0.2) is 0 Å². The monoisotopic (exact) mass is 462 g/mol. The Morgan fingerprint density at radius 1 is 0.941 bits per heavy atom. The molecule has 1 unspecified atom stereocenters. The number of alkyl carbamates (subject to hydrolysis) is 1. The fourth-order valence-corrected chi connectivity index (χ4v) is 5.91. The number of carbonyl (C=O) groups is 3. The second-order valence-corrected chi connectivity index (χ2v) is 9.59. The molecule has 178 valence electrons. The Hall–Kier alpha value is -3.35. The van der Waals surface area contributed by atoms with Crippen LogP contribution in [0.3, 0.4) is 0 Å². The summed E-state index contributed by atoms with van der Waals surface area (Å²) in [6, 6.07) is 15.4. The summed E-state index contributed by atoms with van der Waals surface area (Å²) in [5, 5.41) is 12.5. The van der Waals surface area contributed by atoms with Gasteiger partial charge in [-0.05, 0) is 54.4 Å². The Morgan fingerprint density at radius 2 is 1.56 bits per heavy atom. The molecule has 2 aromatic rings. The molecule has 1 saturated heterocycles.